The summed E-state index contributed by atoms with van der Waals surface area (Å²) in [4.78, 5) is 30.6. The summed E-state index contributed by atoms with van der Waals surface area (Å²) in [6.07, 6.45) is 10.7. The number of halogens is 1. The molecule has 3 heterocycles. The van der Waals surface area contributed by atoms with Gasteiger partial charge in [0, 0.05) is 56.9 Å². The molecule has 0 bridgehead atoms. The van der Waals surface area contributed by atoms with Crippen LogP contribution >= 0.6 is 11.6 Å². The number of hydrogen-bond donors (Lipinski definition) is 1. The third-order valence-electron chi connectivity index (χ3n) is 8.12. The number of aryl methyl sites for hydroxylation is 1. The van der Waals surface area contributed by atoms with E-state index in [9.17, 15) is 13.2 Å². The molecule has 1 atom stereocenters. The number of anilines is 2. The molecule has 0 saturated carbocycles. The molecule has 1 fully saturated rings. The first-order chi connectivity index (χ1) is 22.7. The molecule has 248 valence electrons. The van der Waals surface area contributed by atoms with Crippen molar-refractivity contribution in [2.45, 2.75) is 39.2 Å². The van der Waals surface area contributed by atoms with Gasteiger partial charge in [-0.1, -0.05) is 67.4 Å². The van der Waals surface area contributed by atoms with Crippen molar-refractivity contribution in [3.63, 3.8) is 0 Å². The minimum Gasteiger partial charge on any atom is -0.353 e. The second-order valence-electron chi connectivity index (χ2n) is 11.7. The molecule has 0 aliphatic carbocycles. The third kappa shape index (κ3) is 9.61. The zero-order chi connectivity index (χ0) is 33.2. The summed E-state index contributed by atoms with van der Waals surface area (Å²) >= 11 is 6.38. The Morgan fingerprint density at radius 3 is 2.49 bits per heavy atom. The molecule has 5 rings (SSSR count). The Bertz CT molecular complexity index is 1750. The molecule has 2 aromatic heterocycles. The second-order valence-corrected chi connectivity index (χ2v) is 14.4. The number of benzene rings is 2. The Morgan fingerprint density at radius 2 is 1.81 bits per heavy atom. The molecule has 0 radical (unpaired) electrons. The van der Waals surface area contributed by atoms with Crippen LogP contribution in [0.5, 0.6) is 0 Å². The minimum atomic E-state index is -3.03. The average molecular weight is 677 g/mol. The van der Waals surface area contributed by atoms with Gasteiger partial charge < -0.3 is 10.2 Å². The highest BCUT2D eigenvalue weighted by molar-refractivity contribution is 7.91. The average Bonchev–Trinajstić information content (AvgIpc) is 3.52. The van der Waals surface area contributed by atoms with Crippen molar-refractivity contribution in [3.05, 3.63) is 83.8 Å². The highest BCUT2D eigenvalue weighted by Gasteiger charge is 2.24. The summed E-state index contributed by atoms with van der Waals surface area (Å²) in [7, 11) is -1.14. The van der Waals surface area contributed by atoms with E-state index >= 15 is 0 Å². The van der Waals surface area contributed by atoms with Crippen LogP contribution < -0.4 is 15.1 Å². The quantitative estimate of drug-likeness (QED) is 0.170. The topological polar surface area (TPSA) is 126 Å². The first-order valence-electron chi connectivity index (χ1n) is 15.9. The van der Waals surface area contributed by atoms with Crippen molar-refractivity contribution in [2.75, 3.05) is 40.9 Å². The van der Waals surface area contributed by atoms with Crippen LogP contribution in [-0.2, 0) is 23.4 Å². The van der Waals surface area contributed by atoms with Crippen LogP contribution in [-0.4, -0.2) is 71.6 Å². The van der Waals surface area contributed by atoms with E-state index in [1.165, 1.54) is 6.20 Å². The summed E-state index contributed by atoms with van der Waals surface area (Å²) in [6.45, 7) is 3.77. The molecule has 1 N–H and O–H groups in total. The number of amides is 2. The smallest absolute Gasteiger partial charge is 0.322 e. The summed E-state index contributed by atoms with van der Waals surface area (Å²) in [6, 6.07) is 17.7. The fraction of sp³-hybridized carbons (Fsp3) is 0.382. The fourth-order valence-electron chi connectivity index (χ4n) is 5.53. The van der Waals surface area contributed by atoms with Gasteiger partial charge in [0.05, 0.1) is 23.9 Å². The molecule has 1 aliphatic rings. The van der Waals surface area contributed by atoms with Gasteiger partial charge in [0.1, 0.15) is 5.02 Å². The maximum atomic E-state index is 13.5. The van der Waals surface area contributed by atoms with Gasteiger partial charge in [0.15, 0.2) is 15.7 Å². The molecular weight excluding hydrogens is 636 g/mol. The van der Waals surface area contributed by atoms with Crippen molar-refractivity contribution in [1.82, 2.24) is 25.1 Å². The highest BCUT2D eigenvalue weighted by Crippen LogP contribution is 2.27. The number of nitrogens with zero attached hydrogens (tertiary/aromatic N) is 7. The molecule has 2 amide bonds. The Hall–Kier alpha value is -4.29. The lowest BCUT2D eigenvalue weighted by atomic mass is 9.99. The Balaban J connectivity index is 1.25. The first kappa shape index (κ1) is 34.1. The van der Waals surface area contributed by atoms with E-state index in [4.69, 9.17) is 11.6 Å². The maximum Gasteiger partial charge on any atom is 0.322 e. The zero-order valence-corrected chi connectivity index (χ0v) is 28.4. The summed E-state index contributed by atoms with van der Waals surface area (Å²) in [5.41, 5.74) is 3.89. The standard InChI is InChI=1S/C34H41ClN8O3S/c1-3-8-26(21-36-33-37-24-31(35)32(40-33)42-17-19-47(45,46)20-18-42)11-7-16-43(34(44)38-22-27-9-5-4-6-10-27)30-14-12-28(13-15-30)29-23-39-41(2)25-29/h4-6,9-10,12-15,21,23-26H,3,7-8,11,16-20,22H2,1-2H3,(H,38,44)/b36-21+. The van der Waals surface area contributed by atoms with Crippen LogP contribution in [0.4, 0.5) is 22.2 Å². The number of carbonyl (C=O) groups excluding carboxylic acids is 1. The fourth-order valence-corrected chi connectivity index (χ4v) is 6.94. The van der Waals surface area contributed by atoms with Gasteiger partial charge in [-0.2, -0.15) is 10.1 Å². The molecule has 2 aromatic carbocycles. The van der Waals surface area contributed by atoms with Gasteiger partial charge in [-0.3, -0.25) is 9.58 Å². The Morgan fingerprint density at radius 1 is 1.06 bits per heavy atom. The monoisotopic (exact) mass is 676 g/mol. The van der Waals surface area contributed by atoms with E-state index in [0.29, 0.717) is 37.0 Å². The number of hydrogen-bond acceptors (Lipinski definition) is 8. The van der Waals surface area contributed by atoms with E-state index in [1.807, 2.05) is 85.2 Å². The molecule has 13 heteroatoms. The van der Waals surface area contributed by atoms with Crippen LogP contribution in [0.25, 0.3) is 11.1 Å². The van der Waals surface area contributed by atoms with Gasteiger partial charge in [0.2, 0.25) is 0 Å². The van der Waals surface area contributed by atoms with Gasteiger partial charge in [0.25, 0.3) is 5.95 Å². The SMILES string of the molecule is CCCC(/C=N/c1ncc(Cl)c(N2CCS(=O)(=O)CC2)n1)CCCN(C(=O)NCc1ccccc1)c1ccc(-c2cnn(C)c2)cc1. The van der Waals surface area contributed by atoms with Crippen molar-refractivity contribution in [2.24, 2.45) is 18.0 Å². The molecule has 1 aliphatic heterocycles. The number of aromatic nitrogens is 4. The van der Waals surface area contributed by atoms with Crippen LogP contribution in [0, 0.1) is 5.92 Å². The first-order valence-corrected chi connectivity index (χ1v) is 18.1. The van der Waals surface area contributed by atoms with E-state index in [2.05, 4.69) is 32.3 Å². The van der Waals surface area contributed by atoms with Gasteiger partial charge >= 0.3 is 6.03 Å². The maximum absolute atomic E-state index is 13.5. The number of rotatable bonds is 13. The molecule has 11 nitrogen and oxygen atoms in total. The lowest BCUT2D eigenvalue weighted by Gasteiger charge is -2.28. The van der Waals surface area contributed by atoms with Crippen molar-refractivity contribution in [3.8, 4) is 11.1 Å². The number of urea groups is 1. The van der Waals surface area contributed by atoms with Gasteiger partial charge in [-0.05, 0) is 48.4 Å². The van der Waals surface area contributed by atoms with E-state index in [1.54, 1.807) is 9.58 Å². The predicted octanol–water partition coefficient (Wildman–Crippen LogP) is 6.08. The van der Waals surface area contributed by atoms with E-state index < -0.39 is 9.84 Å². The van der Waals surface area contributed by atoms with Gasteiger partial charge in [-0.15, -0.1) is 0 Å². The summed E-state index contributed by atoms with van der Waals surface area (Å²) in [5, 5.41) is 7.72. The third-order valence-corrected chi connectivity index (χ3v) is 10.00. The zero-order valence-electron chi connectivity index (χ0n) is 26.8. The van der Waals surface area contributed by atoms with Crippen molar-refractivity contribution >= 4 is 51.1 Å². The molecule has 4 aromatic rings. The predicted molar refractivity (Wildman–Crippen MR) is 188 cm³/mol. The highest BCUT2D eigenvalue weighted by atomic mass is 35.5. The normalized spacial score (nSPS) is 15.1. The Labute approximate surface area is 281 Å². The number of sulfone groups is 1. The van der Waals surface area contributed by atoms with Crippen LogP contribution in [0.2, 0.25) is 5.02 Å². The summed E-state index contributed by atoms with van der Waals surface area (Å²) < 4.78 is 25.5. The molecule has 0 spiro atoms. The van der Waals surface area contributed by atoms with Crippen LogP contribution in [0.15, 0.2) is 78.2 Å². The van der Waals surface area contributed by atoms with Gasteiger partial charge in [-0.25, -0.2) is 23.2 Å². The van der Waals surface area contributed by atoms with Crippen molar-refractivity contribution < 1.29 is 13.2 Å². The number of carbonyl (C=O) groups is 1. The lowest BCUT2D eigenvalue weighted by Crippen LogP contribution is -2.40. The molecule has 1 unspecified atom stereocenters. The molecule has 1 saturated heterocycles. The molecule has 47 heavy (non-hydrogen) atoms. The second kappa shape index (κ2) is 16.0. The lowest BCUT2D eigenvalue weighted by molar-refractivity contribution is 0.245. The van der Waals surface area contributed by atoms with E-state index in [-0.39, 0.29) is 29.4 Å². The van der Waals surface area contributed by atoms with Crippen molar-refractivity contribution in [1.29, 1.82) is 0 Å². The Kier molecular flexibility index (Phi) is 11.6. The minimum absolute atomic E-state index is 0.0699. The van der Waals surface area contributed by atoms with E-state index in [0.717, 1.165) is 48.1 Å². The molecular formula is C34H41ClN8O3S. The van der Waals surface area contributed by atoms with Crippen LogP contribution in [0.3, 0.4) is 0 Å². The number of nitrogens with one attached hydrogen (secondary N) is 1. The summed E-state index contributed by atoms with van der Waals surface area (Å²) in [5.74, 6) is 1.09. The largest absolute Gasteiger partial charge is 0.353 e. The number of aliphatic imine (C=N–C) groups is 1. The van der Waals surface area contributed by atoms with Crippen LogP contribution in [0.1, 0.15) is 38.2 Å².